The van der Waals surface area contributed by atoms with Crippen LogP contribution < -0.4 is 4.90 Å². The summed E-state index contributed by atoms with van der Waals surface area (Å²) in [6.07, 6.45) is 2.84. The van der Waals surface area contributed by atoms with E-state index >= 15 is 0 Å². The number of methoxy groups -OCH3 is 1. The predicted molar refractivity (Wildman–Crippen MR) is 69.1 cm³/mol. The van der Waals surface area contributed by atoms with Crippen LogP contribution in [0.2, 0.25) is 5.02 Å². The standard InChI is InChI=1S/C11H14BrClN2O/c1-16-7-8-2-3-15(6-8)11-10(12)4-9(13)5-14-11/h4-5,8H,2-3,6-7H2,1H3. The van der Waals surface area contributed by atoms with Gasteiger partial charge in [0, 0.05) is 32.3 Å². The van der Waals surface area contributed by atoms with E-state index in [1.807, 2.05) is 6.07 Å². The van der Waals surface area contributed by atoms with Gasteiger partial charge in [-0.2, -0.15) is 0 Å². The Labute approximate surface area is 109 Å². The first-order valence-electron chi connectivity index (χ1n) is 5.25. The zero-order valence-electron chi connectivity index (χ0n) is 9.12. The summed E-state index contributed by atoms with van der Waals surface area (Å²) < 4.78 is 6.14. The Morgan fingerprint density at radius 2 is 2.50 bits per heavy atom. The molecule has 2 heterocycles. The van der Waals surface area contributed by atoms with E-state index in [9.17, 15) is 0 Å². The van der Waals surface area contributed by atoms with E-state index in [2.05, 4.69) is 25.8 Å². The van der Waals surface area contributed by atoms with Crippen molar-refractivity contribution in [2.24, 2.45) is 5.92 Å². The third-order valence-corrected chi connectivity index (χ3v) is 3.57. The monoisotopic (exact) mass is 304 g/mol. The molecule has 1 saturated heterocycles. The molecule has 0 aliphatic carbocycles. The molecule has 0 radical (unpaired) electrons. The molecule has 1 aromatic rings. The Kier molecular flexibility index (Phi) is 4.05. The minimum absolute atomic E-state index is 0.606. The predicted octanol–water partition coefficient (Wildman–Crippen LogP) is 2.97. The van der Waals surface area contributed by atoms with E-state index in [4.69, 9.17) is 16.3 Å². The Hall–Kier alpha value is -0.320. The van der Waals surface area contributed by atoms with Crippen molar-refractivity contribution in [1.29, 1.82) is 0 Å². The van der Waals surface area contributed by atoms with Crippen LogP contribution >= 0.6 is 27.5 Å². The number of nitrogens with zero attached hydrogens (tertiary/aromatic N) is 2. The minimum atomic E-state index is 0.606. The van der Waals surface area contributed by atoms with E-state index < -0.39 is 0 Å². The maximum Gasteiger partial charge on any atom is 0.142 e. The molecule has 0 bridgehead atoms. The lowest BCUT2D eigenvalue weighted by Crippen LogP contribution is -2.22. The summed E-state index contributed by atoms with van der Waals surface area (Å²) >= 11 is 9.37. The molecule has 3 nitrogen and oxygen atoms in total. The van der Waals surface area contributed by atoms with Gasteiger partial charge in [-0.25, -0.2) is 4.98 Å². The lowest BCUT2D eigenvalue weighted by Gasteiger charge is -2.18. The van der Waals surface area contributed by atoms with Crippen molar-refractivity contribution in [3.8, 4) is 0 Å². The Morgan fingerprint density at radius 1 is 1.69 bits per heavy atom. The second kappa shape index (κ2) is 5.34. The molecule has 1 aliphatic heterocycles. The Balaban J connectivity index is 2.08. The quantitative estimate of drug-likeness (QED) is 0.858. The molecule has 1 atom stereocenters. The zero-order chi connectivity index (χ0) is 11.5. The number of hydrogen-bond acceptors (Lipinski definition) is 3. The van der Waals surface area contributed by atoms with Crippen LogP contribution in [0.4, 0.5) is 5.82 Å². The molecule has 0 aromatic carbocycles. The van der Waals surface area contributed by atoms with Crippen molar-refractivity contribution >= 4 is 33.3 Å². The average molecular weight is 306 g/mol. The molecule has 1 aliphatic rings. The topological polar surface area (TPSA) is 25.4 Å². The highest BCUT2D eigenvalue weighted by molar-refractivity contribution is 9.10. The SMILES string of the molecule is COCC1CCN(c2ncc(Cl)cc2Br)C1. The van der Waals surface area contributed by atoms with Gasteiger partial charge in [0.1, 0.15) is 5.82 Å². The molecular weight excluding hydrogens is 291 g/mol. The number of anilines is 1. The first-order valence-corrected chi connectivity index (χ1v) is 6.42. The lowest BCUT2D eigenvalue weighted by atomic mass is 10.1. The molecule has 1 aromatic heterocycles. The summed E-state index contributed by atoms with van der Waals surface area (Å²) in [5.41, 5.74) is 0. The maximum absolute atomic E-state index is 5.87. The third kappa shape index (κ3) is 2.67. The van der Waals surface area contributed by atoms with Crippen LogP contribution in [-0.4, -0.2) is 31.8 Å². The molecule has 0 N–H and O–H groups in total. The van der Waals surface area contributed by atoms with Crippen LogP contribution in [0.3, 0.4) is 0 Å². The van der Waals surface area contributed by atoms with Crippen molar-refractivity contribution in [1.82, 2.24) is 4.98 Å². The number of aromatic nitrogens is 1. The molecule has 1 fully saturated rings. The van der Waals surface area contributed by atoms with E-state index in [1.165, 1.54) is 0 Å². The third-order valence-electron chi connectivity index (χ3n) is 2.78. The van der Waals surface area contributed by atoms with Gasteiger partial charge in [0.15, 0.2) is 0 Å². The summed E-state index contributed by atoms with van der Waals surface area (Å²) in [6, 6.07) is 1.88. The van der Waals surface area contributed by atoms with E-state index in [-0.39, 0.29) is 0 Å². The lowest BCUT2D eigenvalue weighted by molar-refractivity contribution is 0.161. The van der Waals surface area contributed by atoms with Crippen LogP contribution in [0.25, 0.3) is 0 Å². The summed E-state index contributed by atoms with van der Waals surface area (Å²) in [4.78, 5) is 6.63. The molecule has 1 unspecified atom stereocenters. The highest BCUT2D eigenvalue weighted by atomic mass is 79.9. The van der Waals surface area contributed by atoms with Crippen molar-refractivity contribution in [2.75, 3.05) is 31.7 Å². The number of ether oxygens (including phenoxy) is 1. The molecule has 0 saturated carbocycles. The second-order valence-electron chi connectivity index (χ2n) is 4.02. The maximum atomic E-state index is 5.87. The molecule has 0 amide bonds. The smallest absolute Gasteiger partial charge is 0.142 e. The number of halogens is 2. The van der Waals surface area contributed by atoms with Crippen molar-refractivity contribution in [3.63, 3.8) is 0 Å². The molecule has 88 valence electrons. The van der Waals surface area contributed by atoms with Crippen molar-refractivity contribution in [3.05, 3.63) is 21.8 Å². The van der Waals surface area contributed by atoms with Crippen LogP contribution in [-0.2, 0) is 4.74 Å². The largest absolute Gasteiger partial charge is 0.384 e. The molecule has 2 rings (SSSR count). The highest BCUT2D eigenvalue weighted by Gasteiger charge is 2.24. The molecule has 16 heavy (non-hydrogen) atoms. The fourth-order valence-corrected chi connectivity index (χ4v) is 2.93. The molecule has 0 spiro atoms. The first-order chi connectivity index (χ1) is 7.70. The van der Waals surface area contributed by atoms with Gasteiger partial charge < -0.3 is 9.64 Å². The molecular formula is C11H14BrClN2O. The normalized spacial score (nSPS) is 20.4. The van der Waals surface area contributed by atoms with Gasteiger partial charge in [-0.15, -0.1) is 0 Å². The van der Waals surface area contributed by atoms with E-state index in [0.29, 0.717) is 10.9 Å². The van der Waals surface area contributed by atoms with Gasteiger partial charge in [0.2, 0.25) is 0 Å². The van der Waals surface area contributed by atoms with Gasteiger partial charge in [0.25, 0.3) is 0 Å². The number of rotatable bonds is 3. The first kappa shape index (κ1) is 12.1. The summed E-state index contributed by atoms with van der Waals surface area (Å²) in [6.45, 7) is 2.85. The average Bonchev–Trinajstić information content (AvgIpc) is 2.67. The Morgan fingerprint density at radius 3 is 3.19 bits per heavy atom. The Bertz CT molecular complexity index is 375. The van der Waals surface area contributed by atoms with E-state index in [0.717, 1.165) is 36.4 Å². The summed E-state index contributed by atoms with van der Waals surface area (Å²) in [7, 11) is 1.75. The van der Waals surface area contributed by atoms with Crippen LogP contribution in [0.5, 0.6) is 0 Å². The fourth-order valence-electron chi connectivity index (χ4n) is 2.04. The number of hydrogen-bond donors (Lipinski definition) is 0. The van der Waals surface area contributed by atoms with Gasteiger partial charge in [-0.3, -0.25) is 0 Å². The number of pyridine rings is 1. The van der Waals surface area contributed by atoms with Crippen molar-refractivity contribution in [2.45, 2.75) is 6.42 Å². The van der Waals surface area contributed by atoms with Gasteiger partial charge in [-0.1, -0.05) is 11.6 Å². The van der Waals surface area contributed by atoms with Crippen molar-refractivity contribution < 1.29 is 4.74 Å². The highest BCUT2D eigenvalue weighted by Crippen LogP contribution is 2.30. The minimum Gasteiger partial charge on any atom is -0.384 e. The fraction of sp³-hybridized carbons (Fsp3) is 0.545. The van der Waals surface area contributed by atoms with E-state index in [1.54, 1.807) is 13.3 Å². The van der Waals surface area contributed by atoms with Gasteiger partial charge >= 0.3 is 0 Å². The van der Waals surface area contributed by atoms with Crippen LogP contribution in [0, 0.1) is 5.92 Å². The zero-order valence-corrected chi connectivity index (χ0v) is 11.5. The molecule has 5 heteroatoms. The summed E-state index contributed by atoms with van der Waals surface area (Å²) in [5, 5.41) is 0.656. The van der Waals surface area contributed by atoms with Gasteiger partial charge in [-0.05, 0) is 28.4 Å². The van der Waals surface area contributed by atoms with Gasteiger partial charge in [0.05, 0.1) is 16.1 Å². The second-order valence-corrected chi connectivity index (χ2v) is 5.31. The summed E-state index contributed by atoms with van der Waals surface area (Å²) in [5.74, 6) is 1.58. The van der Waals surface area contributed by atoms with Crippen LogP contribution in [0.1, 0.15) is 6.42 Å². The van der Waals surface area contributed by atoms with Crippen LogP contribution in [0.15, 0.2) is 16.7 Å².